The number of hydrogen-bond donors (Lipinski definition) is 2. The highest BCUT2D eigenvalue weighted by Crippen LogP contribution is 2.41. The SMILES string of the molecule is C=C(c1ccc(C2CC2)nc1)N(Cc1ccc2c3c(c(NCc4ccc(CC)cc4OC)nc2c1)C(C)OC3)/C(C=NC)=C(\C)N. The second kappa shape index (κ2) is 13.3. The van der Waals surface area contributed by atoms with Gasteiger partial charge in [-0.2, -0.15) is 0 Å². The van der Waals surface area contributed by atoms with Crippen LogP contribution in [0.25, 0.3) is 16.6 Å². The minimum absolute atomic E-state index is 0.0503. The minimum atomic E-state index is -0.0503. The fourth-order valence-electron chi connectivity index (χ4n) is 6.21. The van der Waals surface area contributed by atoms with E-state index in [-0.39, 0.29) is 6.10 Å². The average molecular weight is 617 g/mol. The maximum absolute atomic E-state index is 6.41. The van der Waals surface area contributed by atoms with Gasteiger partial charge in [-0.1, -0.05) is 37.8 Å². The Labute approximate surface area is 272 Å². The Morgan fingerprint density at radius 1 is 1.17 bits per heavy atom. The fourth-order valence-corrected chi connectivity index (χ4v) is 6.21. The molecule has 46 heavy (non-hydrogen) atoms. The smallest absolute Gasteiger partial charge is 0.133 e. The van der Waals surface area contributed by atoms with Gasteiger partial charge in [-0.25, -0.2) is 4.98 Å². The van der Waals surface area contributed by atoms with Gasteiger partial charge in [0.25, 0.3) is 0 Å². The summed E-state index contributed by atoms with van der Waals surface area (Å²) in [7, 11) is 3.47. The molecule has 0 bridgehead atoms. The van der Waals surface area contributed by atoms with Gasteiger partial charge in [0.2, 0.25) is 0 Å². The Hall–Kier alpha value is -4.69. The van der Waals surface area contributed by atoms with Gasteiger partial charge in [-0.05, 0) is 74.1 Å². The van der Waals surface area contributed by atoms with E-state index in [1.54, 1.807) is 20.4 Å². The highest BCUT2D eigenvalue weighted by molar-refractivity contribution is 5.87. The van der Waals surface area contributed by atoms with Gasteiger partial charge < -0.3 is 25.4 Å². The molecule has 3 N–H and O–H groups in total. The summed E-state index contributed by atoms with van der Waals surface area (Å²) < 4.78 is 11.8. The Kier molecular flexibility index (Phi) is 9.08. The lowest BCUT2D eigenvalue weighted by Gasteiger charge is -2.29. The second-order valence-electron chi connectivity index (χ2n) is 12.2. The minimum Gasteiger partial charge on any atom is -0.496 e. The first-order valence-electron chi connectivity index (χ1n) is 16.1. The summed E-state index contributed by atoms with van der Waals surface area (Å²) in [5.41, 5.74) is 17.4. The monoisotopic (exact) mass is 616 g/mol. The summed E-state index contributed by atoms with van der Waals surface area (Å²) >= 11 is 0. The number of ether oxygens (including phenoxy) is 2. The van der Waals surface area contributed by atoms with E-state index < -0.39 is 0 Å². The summed E-state index contributed by atoms with van der Waals surface area (Å²) in [4.78, 5) is 16.3. The first kappa shape index (κ1) is 31.3. The third-order valence-electron chi connectivity index (χ3n) is 9.02. The number of aryl methyl sites for hydroxylation is 1. The van der Waals surface area contributed by atoms with Gasteiger partial charge >= 0.3 is 0 Å². The van der Waals surface area contributed by atoms with Crippen LogP contribution >= 0.6 is 0 Å². The van der Waals surface area contributed by atoms with Crippen LogP contribution in [0.1, 0.15) is 84.7 Å². The predicted molar refractivity (Wildman–Crippen MR) is 187 cm³/mol. The topological polar surface area (TPSA) is 97.9 Å². The van der Waals surface area contributed by atoms with Gasteiger partial charge in [0.15, 0.2) is 0 Å². The van der Waals surface area contributed by atoms with E-state index in [0.717, 1.165) is 68.2 Å². The van der Waals surface area contributed by atoms with E-state index in [9.17, 15) is 0 Å². The molecule has 1 aliphatic carbocycles. The largest absolute Gasteiger partial charge is 0.496 e. The van der Waals surface area contributed by atoms with E-state index in [1.165, 1.54) is 24.0 Å². The van der Waals surface area contributed by atoms with Crippen molar-refractivity contribution in [1.29, 1.82) is 0 Å². The van der Waals surface area contributed by atoms with Crippen LogP contribution in [-0.2, 0) is 30.9 Å². The molecule has 238 valence electrons. The number of aliphatic imine (C=N–C) groups is 1. The Morgan fingerprint density at radius 3 is 2.65 bits per heavy atom. The van der Waals surface area contributed by atoms with Crippen LogP contribution in [0.2, 0.25) is 0 Å². The molecular weight excluding hydrogens is 572 g/mol. The Morgan fingerprint density at radius 2 is 1.98 bits per heavy atom. The molecule has 3 heterocycles. The molecule has 0 saturated heterocycles. The number of methoxy groups -OCH3 is 1. The third kappa shape index (κ3) is 6.35. The molecule has 6 rings (SSSR count). The van der Waals surface area contributed by atoms with Crippen LogP contribution in [0.4, 0.5) is 5.82 Å². The molecule has 1 fully saturated rings. The van der Waals surface area contributed by atoms with Gasteiger partial charge in [0.05, 0.1) is 31.0 Å². The highest BCUT2D eigenvalue weighted by Gasteiger charge is 2.28. The maximum atomic E-state index is 6.41. The van der Waals surface area contributed by atoms with Crippen LogP contribution in [-0.4, -0.2) is 35.2 Å². The number of hydrogen-bond acceptors (Lipinski definition) is 8. The van der Waals surface area contributed by atoms with Crippen molar-refractivity contribution >= 4 is 28.6 Å². The number of nitrogens with two attached hydrogens (primary N) is 1. The number of fused-ring (bicyclic) bond motifs is 3. The molecule has 1 atom stereocenters. The molecule has 1 saturated carbocycles. The van der Waals surface area contributed by atoms with Crippen molar-refractivity contribution in [3.63, 3.8) is 0 Å². The highest BCUT2D eigenvalue weighted by atomic mass is 16.5. The van der Waals surface area contributed by atoms with Gasteiger partial charge in [0.1, 0.15) is 11.6 Å². The van der Waals surface area contributed by atoms with Crippen molar-refractivity contribution in [3.05, 3.63) is 112 Å². The number of anilines is 1. The summed E-state index contributed by atoms with van der Waals surface area (Å²) in [5.74, 6) is 2.31. The van der Waals surface area contributed by atoms with Crippen LogP contribution in [0.3, 0.4) is 0 Å². The number of rotatable bonds is 12. The Balaban J connectivity index is 1.34. The van der Waals surface area contributed by atoms with E-state index in [0.29, 0.717) is 31.3 Å². The van der Waals surface area contributed by atoms with Gasteiger partial charge in [-0.15, -0.1) is 0 Å². The number of aromatic nitrogens is 2. The predicted octanol–water partition coefficient (Wildman–Crippen LogP) is 7.65. The molecule has 4 aromatic rings. The second-order valence-corrected chi connectivity index (χ2v) is 12.2. The zero-order chi connectivity index (χ0) is 32.4. The van der Waals surface area contributed by atoms with E-state index in [1.807, 2.05) is 13.1 Å². The van der Waals surface area contributed by atoms with Crippen molar-refractivity contribution in [2.75, 3.05) is 19.5 Å². The first-order chi connectivity index (χ1) is 22.3. The van der Waals surface area contributed by atoms with Crippen LogP contribution in [0.5, 0.6) is 5.75 Å². The van der Waals surface area contributed by atoms with E-state index in [4.69, 9.17) is 25.2 Å². The number of nitrogens with one attached hydrogen (secondary N) is 1. The summed E-state index contributed by atoms with van der Waals surface area (Å²) in [6.07, 6.45) is 7.06. The van der Waals surface area contributed by atoms with Crippen molar-refractivity contribution in [3.8, 4) is 5.75 Å². The Bertz CT molecular complexity index is 1820. The van der Waals surface area contributed by atoms with Crippen molar-refractivity contribution in [2.45, 2.75) is 71.8 Å². The number of benzene rings is 2. The van der Waals surface area contributed by atoms with Crippen molar-refractivity contribution < 1.29 is 9.47 Å². The van der Waals surface area contributed by atoms with E-state index >= 15 is 0 Å². The molecule has 2 aliphatic rings. The van der Waals surface area contributed by atoms with Crippen molar-refractivity contribution in [2.24, 2.45) is 10.7 Å². The van der Waals surface area contributed by atoms with Gasteiger partial charge in [-0.3, -0.25) is 9.98 Å². The third-order valence-corrected chi connectivity index (χ3v) is 9.02. The molecule has 0 radical (unpaired) electrons. The fraction of sp³-hybridized carbons (Fsp3) is 0.342. The molecule has 8 heteroatoms. The number of nitrogens with zero attached hydrogens (tertiary/aromatic N) is 4. The number of allylic oxidation sites excluding steroid dienone is 2. The zero-order valence-corrected chi connectivity index (χ0v) is 27.6. The lowest BCUT2D eigenvalue weighted by Crippen LogP contribution is -2.24. The lowest BCUT2D eigenvalue weighted by atomic mass is 10.00. The quantitative estimate of drug-likeness (QED) is 0.158. The molecule has 2 aromatic carbocycles. The maximum Gasteiger partial charge on any atom is 0.133 e. The van der Waals surface area contributed by atoms with Crippen LogP contribution < -0.4 is 15.8 Å². The first-order valence-corrected chi connectivity index (χ1v) is 16.1. The molecule has 1 aliphatic heterocycles. The zero-order valence-electron chi connectivity index (χ0n) is 27.6. The van der Waals surface area contributed by atoms with Crippen LogP contribution in [0, 0.1) is 0 Å². The summed E-state index contributed by atoms with van der Waals surface area (Å²) in [5, 5.41) is 4.72. The molecule has 1 unspecified atom stereocenters. The summed E-state index contributed by atoms with van der Waals surface area (Å²) in [6, 6.07) is 17.1. The van der Waals surface area contributed by atoms with E-state index in [2.05, 4.69) is 84.2 Å². The molecule has 8 nitrogen and oxygen atoms in total. The standard InChI is InChI=1S/C38H44N6O2/c1-7-26-8-10-30(36(17-26)45-6)19-42-38-37-25(4)46-22-32(37)31-14-9-27(16-34(31)43-38)21-44(35(20-40-5)23(2)39)24(3)29-13-15-33(41-18-29)28-11-12-28/h8-10,13-18,20,25,28H,3,7,11-12,19,21-22,39H2,1-2,4-6H3,(H,42,43)/b35-23+,40-20?. The lowest BCUT2D eigenvalue weighted by molar-refractivity contribution is 0.0801. The average Bonchev–Trinajstić information content (AvgIpc) is 3.85. The van der Waals surface area contributed by atoms with Crippen molar-refractivity contribution in [1.82, 2.24) is 14.9 Å². The number of pyridine rings is 2. The molecule has 2 aromatic heterocycles. The normalized spacial score (nSPS) is 16.4. The molecular formula is C38H44N6O2. The van der Waals surface area contributed by atoms with Gasteiger partial charge in [0, 0.05) is 77.6 Å². The summed E-state index contributed by atoms with van der Waals surface area (Å²) in [6.45, 7) is 12.3. The molecule has 0 amide bonds. The molecule has 0 spiro atoms. The van der Waals surface area contributed by atoms with Crippen LogP contribution in [0.15, 0.2) is 77.7 Å².